The molecule has 0 heterocycles. The summed E-state index contributed by atoms with van der Waals surface area (Å²) in [5.74, 6) is -0.149. The number of hydrogen-bond acceptors (Lipinski definition) is 2. The lowest BCUT2D eigenvalue weighted by Gasteiger charge is -2.20. The number of rotatable bonds is 5. The van der Waals surface area contributed by atoms with Gasteiger partial charge in [0, 0.05) is 16.6 Å². The molecule has 6 heteroatoms. The Bertz CT molecular complexity index is 391. The fourth-order valence-electron chi connectivity index (χ4n) is 1.57. The van der Waals surface area contributed by atoms with Crippen molar-refractivity contribution in [3.05, 3.63) is 28.2 Å². The minimum atomic E-state index is -4.67. The lowest BCUT2D eigenvalue weighted by molar-refractivity contribution is -0.275. The van der Waals surface area contributed by atoms with Gasteiger partial charge in [0.05, 0.1) is 0 Å². The molecule has 1 rings (SSSR count). The summed E-state index contributed by atoms with van der Waals surface area (Å²) in [4.78, 5) is 2.02. The summed E-state index contributed by atoms with van der Waals surface area (Å²) in [7, 11) is 0. The van der Waals surface area contributed by atoms with Gasteiger partial charge < -0.3 is 4.74 Å². The van der Waals surface area contributed by atoms with Crippen LogP contribution in [0.2, 0.25) is 0 Å². The molecular weight excluding hydrogens is 311 g/mol. The first-order chi connectivity index (χ1) is 8.35. The van der Waals surface area contributed by atoms with Crippen molar-refractivity contribution < 1.29 is 17.9 Å². The molecule has 0 amide bonds. The molecule has 0 bridgehead atoms. The first-order valence-corrected chi connectivity index (χ1v) is 6.41. The Morgan fingerprint density at radius 3 is 2.33 bits per heavy atom. The van der Waals surface area contributed by atoms with E-state index in [1.165, 1.54) is 6.07 Å². The Morgan fingerprint density at radius 1 is 1.22 bits per heavy atom. The highest BCUT2D eigenvalue weighted by Crippen LogP contribution is 2.30. The predicted octanol–water partition coefficient (Wildman–Crippen LogP) is 4.19. The van der Waals surface area contributed by atoms with Crippen molar-refractivity contribution in [2.75, 3.05) is 13.1 Å². The maximum absolute atomic E-state index is 12.3. The summed E-state index contributed by atoms with van der Waals surface area (Å²) in [6, 6.07) is 4.69. The van der Waals surface area contributed by atoms with Crippen molar-refractivity contribution in [2.24, 2.45) is 0 Å². The molecule has 0 aromatic heterocycles. The molecule has 102 valence electrons. The molecule has 0 N–H and O–H groups in total. The molecule has 18 heavy (non-hydrogen) atoms. The van der Waals surface area contributed by atoms with Crippen molar-refractivity contribution in [1.82, 2.24) is 4.90 Å². The van der Waals surface area contributed by atoms with Crippen LogP contribution >= 0.6 is 15.9 Å². The summed E-state index contributed by atoms with van der Waals surface area (Å²) < 4.78 is 41.5. The Balaban J connectivity index is 2.96. The van der Waals surface area contributed by atoms with E-state index in [1.54, 1.807) is 12.1 Å². The normalized spacial score (nSPS) is 11.9. The van der Waals surface area contributed by atoms with Gasteiger partial charge in [-0.3, -0.25) is 4.90 Å². The van der Waals surface area contributed by atoms with E-state index in [1.807, 2.05) is 18.7 Å². The van der Waals surface area contributed by atoms with Crippen LogP contribution in [0.15, 0.2) is 22.7 Å². The van der Waals surface area contributed by atoms with Gasteiger partial charge in [0.2, 0.25) is 0 Å². The first kappa shape index (κ1) is 15.3. The molecule has 0 aliphatic heterocycles. The highest BCUT2D eigenvalue weighted by molar-refractivity contribution is 9.10. The quantitative estimate of drug-likeness (QED) is 0.804. The zero-order valence-corrected chi connectivity index (χ0v) is 11.8. The van der Waals surface area contributed by atoms with Gasteiger partial charge >= 0.3 is 6.36 Å². The van der Waals surface area contributed by atoms with Crippen molar-refractivity contribution in [3.8, 4) is 5.75 Å². The van der Waals surface area contributed by atoms with Crippen LogP contribution in [0.25, 0.3) is 0 Å². The smallest absolute Gasteiger partial charge is 0.405 e. The second-order valence-electron chi connectivity index (χ2n) is 3.76. The molecule has 0 saturated heterocycles. The van der Waals surface area contributed by atoms with Crippen LogP contribution in [0, 0.1) is 0 Å². The average molecular weight is 326 g/mol. The Hall–Kier alpha value is -0.750. The van der Waals surface area contributed by atoms with Gasteiger partial charge in [0.1, 0.15) is 5.75 Å². The van der Waals surface area contributed by atoms with Crippen molar-refractivity contribution in [2.45, 2.75) is 26.8 Å². The fourth-order valence-corrected chi connectivity index (χ4v) is 1.91. The molecule has 0 atom stereocenters. The lowest BCUT2D eigenvalue weighted by atomic mass is 10.2. The van der Waals surface area contributed by atoms with E-state index in [2.05, 4.69) is 20.7 Å². The van der Waals surface area contributed by atoms with Gasteiger partial charge in [-0.05, 0) is 25.2 Å². The number of halogens is 4. The SMILES string of the molecule is CCN(CC)Cc1ccc(Br)cc1OC(F)(F)F. The summed E-state index contributed by atoms with van der Waals surface area (Å²) >= 11 is 3.14. The minimum Gasteiger partial charge on any atom is -0.405 e. The van der Waals surface area contributed by atoms with Gasteiger partial charge in [0.25, 0.3) is 0 Å². The molecule has 0 unspecified atom stereocenters. The second kappa shape index (κ2) is 6.43. The molecule has 0 fully saturated rings. The van der Waals surface area contributed by atoms with E-state index in [4.69, 9.17) is 0 Å². The number of hydrogen-bond donors (Lipinski definition) is 0. The summed E-state index contributed by atoms with van der Waals surface area (Å²) in [6.07, 6.45) is -4.67. The second-order valence-corrected chi connectivity index (χ2v) is 4.68. The maximum Gasteiger partial charge on any atom is 0.573 e. The van der Waals surface area contributed by atoms with Gasteiger partial charge in [-0.15, -0.1) is 13.2 Å². The highest BCUT2D eigenvalue weighted by Gasteiger charge is 2.32. The predicted molar refractivity (Wildman–Crippen MR) is 67.5 cm³/mol. The third-order valence-corrected chi connectivity index (χ3v) is 3.04. The Labute approximate surface area is 113 Å². The van der Waals surface area contributed by atoms with Crippen molar-refractivity contribution >= 4 is 15.9 Å². The number of alkyl halides is 3. The fraction of sp³-hybridized carbons (Fsp3) is 0.500. The molecule has 1 aromatic carbocycles. The van der Waals surface area contributed by atoms with Crippen LogP contribution in [0.4, 0.5) is 13.2 Å². The third kappa shape index (κ3) is 4.86. The molecule has 2 nitrogen and oxygen atoms in total. The first-order valence-electron chi connectivity index (χ1n) is 5.62. The van der Waals surface area contributed by atoms with Gasteiger partial charge in [-0.25, -0.2) is 0 Å². The standard InChI is InChI=1S/C12H15BrF3NO/c1-3-17(4-2)8-9-5-6-10(13)7-11(9)18-12(14,15)16/h5-7H,3-4,8H2,1-2H3. The lowest BCUT2D eigenvalue weighted by Crippen LogP contribution is -2.24. The topological polar surface area (TPSA) is 12.5 Å². The molecule has 0 aliphatic rings. The third-order valence-electron chi connectivity index (χ3n) is 2.54. The van der Waals surface area contributed by atoms with Crippen LogP contribution in [0.5, 0.6) is 5.75 Å². The van der Waals surface area contributed by atoms with Gasteiger partial charge in [-0.1, -0.05) is 35.8 Å². The van der Waals surface area contributed by atoms with Gasteiger partial charge in [0.15, 0.2) is 0 Å². The van der Waals surface area contributed by atoms with E-state index in [-0.39, 0.29) is 5.75 Å². The summed E-state index contributed by atoms with van der Waals surface area (Å²) in [6.45, 7) is 5.92. The maximum atomic E-state index is 12.3. The molecule has 0 saturated carbocycles. The van der Waals surface area contributed by atoms with Crippen molar-refractivity contribution in [1.29, 1.82) is 0 Å². The largest absolute Gasteiger partial charge is 0.573 e. The molecule has 0 aliphatic carbocycles. The van der Waals surface area contributed by atoms with Crippen LogP contribution in [-0.2, 0) is 6.54 Å². The average Bonchev–Trinajstić information content (AvgIpc) is 2.26. The van der Waals surface area contributed by atoms with E-state index in [0.29, 0.717) is 16.6 Å². The van der Waals surface area contributed by atoms with Crippen molar-refractivity contribution in [3.63, 3.8) is 0 Å². The zero-order valence-electron chi connectivity index (χ0n) is 10.2. The molecule has 1 aromatic rings. The number of benzene rings is 1. The molecule has 0 radical (unpaired) electrons. The Kier molecular flexibility index (Phi) is 5.47. The Morgan fingerprint density at radius 2 is 1.83 bits per heavy atom. The van der Waals surface area contributed by atoms with E-state index >= 15 is 0 Å². The van der Waals surface area contributed by atoms with Gasteiger partial charge in [-0.2, -0.15) is 0 Å². The van der Waals surface area contributed by atoms with Crippen LogP contribution in [-0.4, -0.2) is 24.4 Å². The molecular formula is C12H15BrF3NO. The van der Waals surface area contributed by atoms with E-state index in [9.17, 15) is 13.2 Å². The number of nitrogens with zero attached hydrogens (tertiary/aromatic N) is 1. The summed E-state index contributed by atoms with van der Waals surface area (Å²) in [5.41, 5.74) is 0.527. The van der Waals surface area contributed by atoms with Crippen LogP contribution in [0.1, 0.15) is 19.4 Å². The van der Waals surface area contributed by atoms with E-state index in [0.717, 1.165) is 13.1 Å². The number of ether oxygens (including phenoxy) is 1. The molecule has 0 spiro atoms. The highest BCUT2D eigenvalue weighted by atomic mass is 79.9. The monoisotopic (exact) mass is 325 g/mol. The van der Waals surface area contributed by atoms with E-state index < -0.39 is 6.36 Å². The summed E-state index contributed by atoms with van der Waals surface area (Å²) in [5, 5.41) is 0. The zero-order chi connectivity index (χ0) is 13.8. The van der Waals surface area contributed by atoms with Crippen LogP contribution < -0.4 is 4.74 Å². The van der Waals surface area contributed by atoms with Crippen LogP contribution in [0.3, 0.4) is 0 Å². The minimum absolute atomic E-state index is 0.149.